The Balaban J connectivity index is 1.84. The minimum atomic E-state index is -4.63. The van der Waals surface area contributed by atoms with Gasteiger partial charge >= 0.3 is 6.18 Å². The molecule has 0 bridgehead atoms. The molecule has 10 heteroatoms. The minimum Gasteiger partial charge on any atom is -0.392 e. The van der Waals surface area contributed by atoms with Gasteiger partial charge in [0.2, 0.25) is 11.9 Å². The maximum absolute atomic E-state index is 13.0. The standard InChI is InChI=1S/C19H18ClF3N4O2/c1-11(28)9-24-18-26-15-4-2-3-5-16(15)27(18)10-17(29)25-12-6-7-14(20)13(8-12)19(21,22)23/h2-8,11,28H,9-10H2,1H3,(H,24,26)(H,25,29). The molecule has 2 aromatic carbocycles. The van der Waals surface area contributed by atoms with Gasteiger partial charge in [0, 0.05) is 12.2 Å². The lowest BCUT2D eigenvalue weighted by atomic mass is 10.2. The molecule has 29 heavy (non-hydrogen) atoms. The smallest absolute Gasteiger partial charge is 0.392 e. The van der Waals surface area contributed by atoms with Crippen molar-refractivity contribution in [2.24, 2.45) is 0 Å². The summed E-state index contributed by atoms with van der Waals surface area (Å²) in [5.41, 5.74) is 0.265. The van der Waals surface area contributed by atoms with Crippen LogP contribution < -0.4 is 10.6 Å². The molecule has 3 rings (SSSR count). The van der Waals surface area contributed by atoms with Crippen molar-refractivity contribution >= 4 is 40.2 Å². The number of hydrogen-bond donors (Lipinski definition) is 3. The maximum atomic E-state index is 13.0. The van der Waals surface area contributed by atoms with Crippen molar-refractivity contribution in [2.75, 3.05) is 17.2 Å². The average Bonchev–Trinajstić information content (AvgIpc) is 2.98. The van der Waals surface area contributed by atoms with E-state index in [-0.39, 0.29) is 18.8 Å². The summed E-state index contributed by atoms with van der Waals surface area (Å²) < 4.78 is 40.6. The molecule has 1 heterocycles. The summed E-state index contributed by atoms with van der Waals surface area (Å²) in [5, 5.41) is 14.5. The molecule has 0 radical (unpaired) electrons. The first-order chi connectivity index (χ1) is 13.6. The fraction of sp³-hybridized carbons (Fsp3) is 0.263. The van der Waals surface area contributed by atoms with Crippen LogP contribution in [-0.4, -0.2) is 33.2 Å². The number of aliphatic hydroxyl groups excluding tert-OH is 1. The number of alkyl halides is 3. The van der Waals surface area contributed by atoms with E-state index in [0.717, 1.165) is 12.1 Å². The van der Waals surface area contributed by atoms with Crippen LogP contribution >= 0.6 is 11.6 Å². The highest BCUT2D eigenvalue weighted by molar-refractivity contribution is 6.31. The highest BCUT2D eigenvalue weighted by Crippen LogP contribution is 2.36. The molecule has 0 aliphatic carbocycles. The molecule has 0 saturated heterocycles. The molecule has 0 saturated carbocycles. The summed E-state index contributed by atoms with van der Waals surface area (Å²) in [6.45, 7) is 1.63. The first kappa shape index (κ1) is 20.9. The van der Waals surface area contributed by atoms with Gasteiger partial charge in [-0.2, -0.15) is 13.2 Å². The Morgan fingerprint density at radius 3 is 2.69 bits per heavy atom. The quantitative estimate of drug-likeness (QED) is 0.553. The predicted octanol–water partition coefficient (Wildman–Crippen LogP) is 4.14. The number of rotatable bonds is 6. The Bertz CT molecular complexity index is 1030. The summed E-state index contributed by atoms with van der Waals surface area (Å²) >= 11 is 5.61. The number of fused-ring (bicyclic) bond motifs is 1. The van der Waals surface area contributed by atoms with Crippen molar-refractivity contribution in [2.45, 2.75) is 25.7 Å². The Labute approximate surface area is 169 Å². The molecular formula is C19H18ClF3N4O2. The molecular weight excluding hydrogens is 409 g/mol. The number of aromatic nitrogens is 2. The molecule has 1 amide bonds. The number of amides is 1. The second kappa shape index (κ2) is 8.30. The van der Waals surface area contributed by atoms with E-state index in [1.807, 2.05) is 0 Å². The second-order valence-electron chi connectivity index (χ2n) is 6.48. The van der Waals surface area contributed by atoms with E-state index < -0.39 is 28.8 Å². The van der Waals surface area contributed by atoms with Gasteiger partial charge in [-0.15, -0.1) is 0 Å². The summed E-state index contributed by atoms with van der Waals surface area (Å²) in [6, 6.07) is 10.3. The molecule has 1 aromatic heterocycles. The highest BCUT2D eigenvalue weighted by Gasteiger charge is 2.33. The number of carbonyl (C=O) groups excluding carboxylic acids is 1. The van der Waals surface area contributed by atoms with Crippen LogP contribution in [0.2, 0.25) is 5.02 Å². The van der Waals surface area contributed by atoms with E-state index >= 15 is 0 Å². The monoisotopic (exact) mass is 426 g/mol. The molecule has 0 spiro atoms. The van der Waals surface area contributed by atoms with Gasteiger partial charge in [-0.25, -0.2) is 4.98 Å². The van der Waals surface area contributed by atoms with Crippen LogP contribution in [0, 0.1) is 0 Å². The Kier molecular flexibility index (Phi) is 5.99. The third-order valence-corrected chi connectivity index (χ3v) is 4.40. The average molecular weight is 427 g/mol. The SMILES string of the molecule is CC(O)CNc1nc2ccccc2n1CC(=O)Nc1ccc(Cl)c(C(F)(F)F)c1. The predicted molar refractivity (Wildman–Crippen MR) is 105 cm³/mol. The van der Waals surface area contributed by atoms with Crippen molar-refractivity contribution in [3.63, 3.8) is 0 Å². The van der Waals surface area contributed by atoms with E-state index in [4.69, 9.17) is 11.6 Å². The highest BCUT2D eigenvalue weighted by atomic mass is 35.5. The fourth-order valence-electron chi connectivity index (χ4n) is 2.77. The molecule has 154 valence electrons. The van der Waals surface area contributed by atoms with E-state index in [0.29, 0.717) is 17.0 Å². The van der Waals surface area contributed by atoms with Gasteiger partial charge in [-0.1, -0.05) is 23.7 Å². The summed E-state index contributed by atoms with van der Waals surface area (Å²) in [4.78, 5) is 16.9. The van der Waals surface area contributed by atoms with Gasteiger partial charge in [0.05, 0.1) is 27.7 Å². The first-order valence-corrected chi connectivity index (χ1v) is 9.06. The maximum Gasteiger partial charge on any atom is 0.417 e. The van der Waals surface area contributed by atoms with Crippen LogP contribution in [0.3, 0.4) is 0 Å². The molecule has 3 N–H and O–H groups in total. The lowest BCUT2D eigenvalue weighted by Gasteiger charge is -2.14. The Morgan fingerprint density at radius 2 is 2.00 bits per heavy atom. The number of imidazole rings is 1. The molecule has 6 nitrogen and oxygen atoms in total. The first-order valence-electron chi connectivity index (χ1n) is 8.69. The van der Waals surface area contributed by atoms with Crippen LogP contribution in [0.1, 0.15) is 12.5 Å². The molecule has 0 aliphatic rings. The van der Waals surface area contributed by atoms with Gasteiger partial charge in [-0.3, -0.25) is 4.79 Å². The van der Waals surface area contributed by atoms with Crippen LogP contribution in [0.4, 0.5) is 24.8 Å². The molecule has 0 fully saturated rings. The lowest BCUT2D eigenvalue weighted by molar-refractivity contribution is -0.137. The molecule has 0 aliphatic heterocycles. The number of halogens is 4. The Morgan fingerprint density at radius 1 is 1.28 bits per heavy atom. The van der Waals surface area contributed by atoms with E-state index in [9.17, 15) is 23.1 Å². The number of para-hydroxylation sites is 2. The van der Waals surface area contributed by atoms with E-state index in [1.54, 1.807) is 35.8 Å². The van der Waals surface area contributed by atoms with E-state index in [2.05, 4.69) is 15.6 Å². The second-order valence-corrected chi connectivity index (χ2v) is 6.89. The van der Waals surface area contributed by atoms with Gasteiger partial charge in [0.25, 0.3) is 0 Å². The van der Waals surface area contributed by atoms with Crippen molar-refractivity contribution < 1.29 is 23.1 Å². The van der Waals surface area contributed by atoms with Gasteiger partial charge < -0.3 is 20.3 Å². The zero-order chi connectivity index (χ0) is 21.2. The zero-order valence-electron chi connectivity index (χ0n) is 15.3. The molecule has 1 unspecified atom stereocenters. The topological polar surface area (TPSA) is 79.2 Å². The largest absolute Gasteiger partial charge is 0.417 e. The number of nitrogens with zero attached hydrogens (tertiary/aromatic N) is 2. The van der Waals surface area contributed by atoms with Crippen molar-refractivity contribution in [3.8, 4) is 0 Å². The zero-order valence-corrected chi connectivity index (χ0v) is 16.1. The van der Waals surface area contributed by atoms with Gasteiger partial charge in [0.15, 0.2) is 0 Å². The number of aliphatic hydroxyl groups is 1. The van der Waals surface area contributed by atoms with Crippen LogP contribution in [0.25, 0.3) is 11.0 Å². The Hall–Kier alpha value is -2.78. The number of anilines is 2. The van der Waals surface area contributed by atoms with Gasteiger partial charge in [0.1, 0.15) is 6.54 Å². The van der Waals surface area contributed by atoms with E-state index in [1.165, 1.54) is 6.07 Å². The number of carbonyl (C=O) groups is 1. The van der Waals surface area contributed by atoms with Crippen molar-refractivity contribution in [3.05, 3.63) is 53.1 Å². The number of hydrogen-bond acceptors (Lipinski definition) is 4. The van der Waals surface area contributed by atoms with Crippen LogP contribution in [0.5, 0.6) is 0 Å². The van der Waals surface area contributed by atoms with Gasteiger partial charge in [-0.05, 0) is 37.3 Å². The summed E-state index contributed by atoms with van der Waals surface area (Å²) in [7, 11) is 0. The number of benzene rings is 2. The number of nitrogens with one attached hydrogen (secondary N) is 2. The van der Waals surface area contributed by atoms with Crippen LogP contribution in [0.15, 0.2) is 42.5 Å². The van der Waals surface area contributed by atoms with Crippen LogP contribution in [-0.2, 0) is 17.5 Å². The fourth-order valence-corrected chi connectivity index (χ4v) is 3.00. The van der Waals surface area contributed by atoms with Crippen molar-refractivity contribution in [1.29, 1.82) is 0 Å². The summed E-state index contributed by atoms with van der Waals surface area (Å²) in [5.74, 6) is -0.168. The molecule has 3 aromatic rings. The van der Waals surface area contributed by atoms with Crippen molar-refractivity contribution in [1.82, 2.24) is 9.55 Å². The third-order valence-electron chi connectivity index (χ3n) is 4.07. The normalized spacial score (nSPS) is 12.8. The lowest BCUT2D eigenvalue weighted by Crippen LogP contribution is -2.22. The molecule has 1 atom stereocenters. The summed E-state index contributed by atoms with van der Waals surface area (Å²) in [6.07, 6.45) is -5.26. The minimum absolute atomic E-state index is 0.0189. The third kappa shape index (κ3) is 4.99.